The molecular weight excluding hydrogens is 300 g/mol. The molecule has 0 aromatic heterocycles. The van der Waals surface area contributed by atoms with Gasteiger partial charge in [0.25, 0.3) is 0 Å². The molecule has 0 radical (unpaired) electrons. The van der Waals surface area contributed by atoms with Gasteiger partial charge in [0, 0.05) is 6.54 Å². The number of hydrogen-bond donors (Lipinski definition) is 1. The van der Waals surface area contributed by atoms with Crippen molar-refractivity contribution in [3.63, 3.8) is 0 Å². The summed E-state index contributed by atoms with van der Waals surface area (Å²) in [6.45, 7) is 9.40. The van der Waals surface area contributed by atoms with Crippen molar-refractivity contribution < 1.29 is 23.9 Å². The molecule has 0 aliphatic carbocycles. The summed E-state index contributed by atoms with van der Waals surface area (Å²) in [6.07, 6.45) is 1.39. The van der Waals surface area contributed by atoms with Crippen molar-refractivity contribution in [3.8, 4) is 0 Å². The summed E-state index contributed by atoms with van der Waals surface area (Å²) >= 11 is 0. The Labute approximate surface area is 138 Å². The summed E-state index contributed by atoms with van der Waals surface area (Å²) in [6, 6.07) is -1.03. The van der Waals surface area contributed by atoms with Crippen LogP contribution in [-0.2, 0) is 23.9 Å². The number of carbonyl (C=O) groups is 3. The van der Waals surface area contributed by atoms with Crippen molar-refractivity contribution in [2.75, 3.05) is 19.7 Å². The second-order valence-electron chi connectivity index (χ2n) is 6.32. The molecule has 7 heteroatoms. The Morgan fingerprint density at radius 1 is 1.13 bits per heavy atom. The summed E-state index contributed by atoms with van der Waals surface area (Å²) in [7, 11) is 0. The van der Waals surface area contributed by atoms with E-state index in [0.29, 0.717) is 6.54 Å². The third kappa shape index (κ3) is 9.89. The monoisotopic (exact) mass is 330 g/mol. The molecule has 2 N–H and O–H groups in total. The fraction of sp³-hybridized carbons (Fsp3) is 0.812. The van der Waals surface area contributed by atoms with Gasteiger partial charge in [-0.1, -0.05) is 13.3 Å². The van der Waals surface area contributed by atoms with Crippen LogP contribution in [0.4, 0.5) is 0 Å². The van der Waals surface area contributed by atoms with Gasteiger partial charge in [0.15, 0.2) is 0 Å². The number of ether oxygens (including phenoxy) is 2. The molecular formula is C16H30N2O5. The van der Waals surface area contributed by atoms with Crippen molar-refractivity contribution >= 4 is 17.8 Å². The third-order valence-corrected chi connectivity index (χ3v) is 2.84. The lowest BCUT2D eigenvalue weighted by atomic mass is 10.1. The molecule has 1 amide bonds. The van der Waals surface area contributed by atoms with Crippen LogP contribution in [0.3, 0.4) is 0 Å². The first-order valence-electron chi connectivity index (χ1n) is 8.02. The van der Waals surface area contributed by atoms with E-state index >= 15 is 0 Å². The van der Waals surface area contributed by atoms with Crippen LogP contribution in [0.5, 0.6) is 0 Å². The highest BCUT2D eigenvalue weighted by Gasteiger charge is 2.27. The highest BCUT2D eigenvalue weighted by molar-refractivity contribution is 5.89. The van der Waals surface area contributed by atoms with Crippen LogP contribution in [0.1, 0.15) is 53.9 Å². The van der Waals surface area contributed by atoms with E-state index in [4.69, 9.17) is 15.2 Å². The van der Waals surface area contributed by atoms with E-state index in [1.807, 2.05) is 6.92 Å². The molecule has 0 bridgehead atoms. The number of rotatable bonds is 9. The maximum atomic E-state index is 12.4. The Kier molecular flexibility index (Phi) is 9.48. The van der Waals surface area contributed by atoms with Gasteiger partial charge in [0.2, 0.25) is 5.91 Å². The molecule has 23 heavy (non-hydrogen) atoms. The quantitative estimate of drug-likeness (QED) is 0.639. The molecule has 1 atom stereocenters. The molecule has 0 rings (SSSR count). The topological polar surface area (TPSA) is 98.9 Å². The van der Waals surface area contributed by atoms with E-state index < -0.39 is 29.5 Å². The zero-order valence-electron chi connectivity index (χ0n) is 14.9. The molecule has 0 saturated carbocycles. The van der Waals surface area contributed by atoms with Gasteiger partial charge in [0.05, 0.1) is 19.1 Å². The van der Waals surface area contributed by atoms with E-state index in [9.17, 15) is 14.4 Å². The smallest absolute Gasteiger partial charge is 0.325 e. The van der Waals surface area contributed by atoms with Crippen molar-refractivity contribution in [1.29, 1.82) is 0 Å². The molecule has 0 aromatic rings. The first-order valence-corrected chi connectivity index (χ1v) is 8.02. The van der Waals surface area contributed by atoms with Crippen LogP contribution in [0.15, 0.2) is 0 Å². The minimum Gasteiger partial charge on any atom is -0.465 e. The molecule has 0 heterocycles. The Balaban J connectivity index is 4.71. The van der Waals surface area contributed by atoms with Gasteiger partial charge in [-0.3, -0.25) is 14.4 Å². The molecule has 0 aliphatic heterocycles. The summed E-state index contributed by atoms with van der Waals surface area (Å²) in [5, 5.41) is 0. The van der Waals surface area contributed by atoms with E-state index in [2.05, 4.69) is 0 Å². The number of unbranched alkanes of at least 4 members (excludes halogenated alkanes) is 1. The fourth-order valence-electron chi connectivity index (χ4n) is 1.86. The van der Waals surface area contributed by atoms with Crippen LogP contribution in [0.2, 0.25) is 0 Å². The number of esters is 2. The molecule has 134 valence electrons. The van der Waals surface area contributed by atoms with Gasteiger partial charge in [-0.25, -0.2) is 0 Å². The molecule has 0 spiro atoms. The number of carbonyl (C=O) groups excluding carboxylic acids is 3. The lowest BCUT2D eigenvalue weighted by Crippen LogP contribution is -2.47. The molecule has 0 saturated heterocycles. The average Bonchev–Trinajstić information content (AvgIpc) is 2.40. The first-order chi connectivity index (χ1) is 10.6. The molecule has 7 nitrogen and oxygen atoms in total. The molecule has 0 aromatic carbocycles. The number of amides is 1. The standard InChI is InChI=1S/C16H30N2O5/c1-6-8-9-18(11-14(20)22-7-2)15(21)12(17)10-13(19)23-16(3,4)5/h12H,6-11,17H2,1-5H3/t12-/m0/s1. The predicted molar refractivity (Wildman–Crippen MR) is 86.6 cm³/mol. The summed E-state index contributed by atoms with van der Waals surface area (Å²) < 4.78 is 10.0. The van der Waals surface area contributed by atoms with Gasteiger partial charge in [0.1, 0.15) is 12.1 Å². The Morgan fingerprint density at radius 3 is 2.22 bits per heavy atom. The molecule has 0 unspecified atom stereocenters. The van der Waals surface area contributed by atoms with Crippen molar-refractivity contribution in [3.05, 3.63) is 0 Å². The Morgan fingerprint density at radius 2 is 1.74 bits per heavy atom. The minimum absolute atomic E-state index is 0.158. The average molecular weight is 330 g/mol. The lowest BCUT2D eigenvalue weighted by Gasteiger charge is -2.25. The number of hydrogen-bond acceptors (Lipinski definition) is 6. The van der Waals surface area contributed by atoms with Crippen molar-refractivity contribution in [2.45, 2.75) is 65.5 Å². The highest BCUT2D eigenvalue weighted by Crippen LogP contribution is 2.10. The third-order valence-electron chi connectivity index (χ3n) is 2.84. The first kappa shape index (κ1) is 21.4. The highest BCUT2D eigenvalue weighted by atomic mass is 16.6. The number of nitrogens with two attached hydrogens (primary N) is 1. The van der Waals surface area contributed by atoms with E-state index in [0.717, 1.165) is 12.8 Å². The van der Waals surface area contributed by atoms with E-state index in [1.54, 1.807) is 27.7 Å². The summed E-state index contributed by atoms with van der Waals surface area (Å²) in [5.74, 6) is -1.47. The largest absolute Gasteiger partial charge is 0.465 e. The second-order valence-corrected chi connectivity index (χ2v) is 6.32. The van der Waals surface area contributed by atoms with Crippen LogP contribution in [0, 0.1) is 0 Å². The maximum absolute atomic E-state index is 12.4. The summed E-state index contributed by atoms with van der Waals surface area (Å²) in [4.78, 5) is 37.1. The minimum atomic E-state index is -1.03. The molecule has 0 aliphatic rings. The van der Waals surface area contributed by atoms with E-state index in [-0.39, 0.29) is 19.6 Å². The van der Waals surface area contributed by atoms with Crippen LogP contribution in [0.25, 0.3) is 0 Å². The fourth-order valence-corrected chi connectivity index (χ4v) is 1.86. The van der Waals surface area contributed by atoms with Crippen molar-refractivity contribution in [1.82, 2.24) is 4.90 Å². The second kappa shape index (κ2) is 10.2. The van der Waals surface area contributed by atoms with Gasteiger partial charge < -0.3 is 20.1 Å². The Hall–Kier alpha value is -1.63. The predicted octanol–water partition coefficient (Wildman–Crippen LogP) is 1.24. The maximum Gasteiger partial charge on any atom is 0.325 e. The zero-order valence-corrected chi connectivity index (χ0v) is 14.9. The zero-order chi connectivity index (χ0) is 18.0. The molecule has 0 fully saturated rings. The Bertz CT molecular complexity index is 404. The SMILES string of the molecule is CCCCN(CC(=O)OCC)C(=O)[C@@H](N)CC(=O)OC(C)(C)C. The van der Waals surface area contributed by atoms with Crippen LogP contribution < -0.4 is 5.73 Å². The van der Waals surface area contributed by atoms with Gasteiger partial charge >= 0.3 is 11.9 Å². The summed E-state index contributed by atoms with van der Waals surface area (Å²) in [5.41, 5.74) is 5.18. The van der Waals surface area contributed by atoms with Gasteiger partial charge in [-0.15, -0.1) is 0 Å². The van der Waals surface area contributed by atoms with E-state index in [1.165, 1.54) is 4.90 Å². The number of nitrogens with zero attached hydrogens (tertiary/aromatic N) is 1. The van der Waals surface area contributed by atoms with Crippen LogP contribution >= 0.6 is 0 Å². The van der Waals surface area contributed by atoms with Crippen LogP contribution in [-0.4, -0.2) is 54.1 Å². The van der Waals surface area contributed by atoms with Gasteiger partial charge in [-0.2, -0.15) is 0 Å². The van der Waals surface area contributed by atoms with Gasteiger partial charge in [-0.05, 0) is 34.1 Å². The normalized spacial score (nSPS) is 12.4. The van der Waals surface area contributed by atoms with Crippen molar-refractivity contribution in [2.24, 2.45) is 5.73 Å². The lowest BCUT2D eigenvalue weighted by molar-refractivity contribution is -0.157.